The highest BCUT2D eigenvalue weighted by Crippen LogP contribution is 2.04. The van der Waals surface area contributed by atoms with Crippen LogP contribution in [0, 0.1) is 0 Å². The molecular formula is C11H24N2O2. The van der Waals surface area contributed by atoms with E-state index in [1.165, 1.54) is 24.5 Å². The van der Waals surface area contributed by atoms with Crippen LogP contribution in [0.25, 0.3) is 0 Å². The second-order valence-corrected chi connectivity index (χ2v) is 3.77. The molecule has 4 heteroatoms. The van der Waals surface area contributed by atoms with Crippen LogP contribution in [0.15, 0.2) is 0 Å². The number of hydrogen-bond donors (Lipinski definition) is 1. The number of amides is 1. The van der Waals surface area contributed by atoms with Gasteiger partial charge in [-0.3, -0.25) is 0 Å². The van der Waals surface area contributed by atoms with Crippen molar-refractivity contribution in [2.45, 2.75) is 33.6 Å². The number of carbonyl (C=O) groups excluding carboxylic acids is 1. The summed E-state index contributed by atoms with van der Waals surface area (Å²) in [6.07, 6.45) is 0.963. The fourth-order valence-electron chi connectivity index (χ4n) is 1.65. The Morgan fingerprint density at radius 2 is 1.53 bits per heavy atom. The Hall–Kier alpha value is -0.770. The maximum atomic E-state index is 10.0. The molecule has 4 nitrogen and oxygen atoms in total. The molecule has 0 spiro atoms. The van der Waals surface area contributed by atoms with Gasteiger partial charge in [-0.15, -0.1) is 0 Å². The average molecular weight is 216 g/mol. The number of rotatable bonds is 3. The predicted octanol–water partition coefficient (Wildman–Crippen LogP) is -0.643. The quantitative estimate of drug-likeness (QED) is 0.682. The van der Waals surface area contributed by atoms with E-state index < -0.39 is 6.09 Å². The molecule has 1 rings (SSSR count). The second kappa shape index (κ2) is 8.53. The molecule has 0 atom stereocenters. The Morgan fingerprint density at radius 3 is 1.67 bits per heavy atom. The first-order valence-electron chi connectivity index (χ1n) is 5.95. The molecule has 0 saturated carbocycles. The summed E-state index contributed by atoms with van der Waals surface area (Å²) in [5.41, 5.74) is 0. The Kier molecular flexibility index (Phi) is 8.09. The zero-order chi connectivity index (χ0) is 11.7. The summed E-state index contributed by atoms with van der Waals surface area (Å²) in [5, 5.41) is 10.0. The fourth-order valence-corrected chi connectivity index (χ4v) is 1.65. The Balaban J connectivity index is 0.000000265. The molecule has 0 aliphatic carbocycles. The van der Waals surface area contributed by atoms with Crippen molar-refractivity contribution in [3.63, 3.8) is 0 Å². The lowest BCUT2D eigenvalue weighted by molar-refractivity contribution is -0.894. The maximum absolute atomic E-state index is 10.0. The van der Waals surface area contributed by atoms with Crippen LogP contribution in [-0.4, -0.2) is 43.7 Å². The molecule has 0 unspecified atom stereocenters. The number of nitrogens with one attached hydrogen (secondary N) is 1. The largest absolute Gasteiger partial charge is 0.530 e. The fraction of sp³-hybridized carbons (Fsp3) is 0.909. The van der Waals surface area contributed by atoms with Gasteiger partial charge in [0.2, 0.25) is 0 Å². The van der Waals surface area contributed by atoms with Gasteiger partial charge < -0.3 is 19.7 Å². The highest BCUT2D eigenvalue weighted by atomic mass is 16.4. The van der Waals surface area contributed by atoms with Crippen molar-refractivity contribution in [3.05, 3.63) is 0 Å². The molecule has 1 saturated heterocycles. The first-order chi connectivity index (χ1) is 7.15. The zero-order valence-electron chi connectivity index (χ0n) is 10.2. The maximum Gasteiger partial charge on any atom is 0.136 e. The van der Waals surface area contributed by atoms with E-state index in [0.717, 1.165) is 12.8 Å². The molecule has 1 amide bonds. The summed E-state index contributed by atoms with van der Waals surface area (Å²) < 4.78 is 0. The molecule has 0 radical (unpaired) electrons. The second-order valence-electron chi connectivity index (χ2n) is 3.77. The molecular weight excluding hydrogens is 192 g/mol. The van der Waals surface area contributed by atoms with Crippen molar-refractivity contribution in [3.8, 4) is 0 Å². The Labute approximate surface area is 92.9 Å². The molecule has 1 heterocycles. The lowest BCUT2D eigenvalue weighted by Crippen LogP contribution is -3.11. The molecule has 0 aromatic carbocycles. The number of likely N-dealkylation sites (tertiary alicyclic amines) is 1. The van der Waals surface area contributed by atoms with E-state index in [9.17, 15) is 9.90 Å². The van der Waals surface area contributed by atoms with Crippen LogP contribution < -0.4 is 10.0 Å². The number of nitrogens with zero attached hydrogens (tertiary/aromatic N) is 1. The third-order valence-electron chi connectivity index (χ3n) is 2.86. The van der Waals surface area contributed by atoms with E-state index in [2.05, 4.69) is 20.8 Å². The van der Waals surface area contributed by atoms with Crippen LogP contribution >= 0.6 is 0 Å². The standard InChI is InChI=1S/C6H15N.C5H9NO2/c1-4-7(5-2)6-3;7-5(8)6-3-1-2-4-6/h4-6H2,1-3H3;1-4H2,(H,7,8). The van der Waals surface area contributed by atoms with Gasteiger partial charge in [0, 0.05) is 13.1 Å². The van der Waals surface area contributed by atoms with Crippen LogP contribution in [-0.2, 0) is 0 Å². The SMILES string of the molecule is CC[NH+](CC)CC.O=C([O-])N1CCCC1. The lowest BCUT2D eigenvalue weighted by atomic mass is 10.4. The number of carboxylic acid groups (broad SMARTS) is 1. The van der Waals surface area contributed by atoms with Crippen molar-refractivity contribution in [1.29, 1.82) is 0 Å². The van der Waals surface area contributed by atoms with Crippen LogP contribution in [0.4, 0.5) is 4.79 Å². The van der Waals surface area contributed by atoms with Crippen LogP contribution in [0.5, 0.6) is 0 Å². The topological polar surface area (TPSA) is 47.8 Å². The zero-order valence-corrected chi connectivity index (χ0v) is 10.2. The molecule has 0 aromatic rings. The highest BCUT2D eigenvalue weighted by Gasteiger charge is 2.09. The minimum absolute atomic E-state index is 0.669. The van der Waals surface area contributed by atoms with Gasteiger partial charge in [-0.05, 0) is 33.6 Å². The lowest BCUT2D eigenvalue weighted by Gasteiger charge is -2.16. The molecule has 1 aliphatic rings. The van der Waals surface area contributed by atoms with E-state index in [1.54, 1.807) is 4.90 Å². The minimum atomic E-state index is -1.03. The van der Waals surface area contributed by atoms with Crippen molar-refractivity contribution in [2.24, 2.45) is 0 Å². The van der Waals surface area contributed by atoms with Gasteiger partial charge in [0.1, 0.15) is 6.09 Å². The van der Waals surface area contributed by atoms with Crippen LogP contribution in [0.3, 0.4) is 0 Å². The third-order valence-corrected chi connectivity index (χ3v) is 2.86. The van der Waals surface area contributed by atoms with Gasteiger partial charge in [0.25, 0.3) is 0 Å². The molecule has 1 fully saturated rings. The monoisotopic (exact) mass is 216 g/mol. The van der Waals surface area contributed by atoms with E-state index in [4.69, 9.17) is 0 Å². The molecule has 0 aromatic heterocycles. The number of quaternary nitrogens is 1. The molecule has 0 bridgehead atoms. The summed E-state index contributed by atoms with van der Waals surface area (Å²) in [6, 6.07) is 0. The van der Waals surface area contributed by atoms with Gasteiger partial charge in [-0.1, -0.05) is 0 Å². The van der Waals surface area contributed by atoms with Crippen molar-refractivity contribution >= 4 is 6.09 Å². The first kappa shape index (κ1) is 14.2. The molecule has 90 valence electrons. The van der Waals surface area contributed by atoms with Gasteiger partial charge >= 0.3 is 0 Å². The predicted molar refractivity (Wildman–Crippen MR) is 58.8 cm³/mol. The van der Waals surface area contributed by atoms with E-state index >= 15 is 0 Å². The van der Waals surface area contributed by atoms with Crippen molar-refractivity contribution < 1.29 is 14.8 Å². The Morgan fingerprint density at radius 1 is 1.13 bits per heavy atom. The Bertz CT molecular complexity index is 158. The summed E-state index contributed by atoms with van der Waals surface area (Å²) in [7, 11) is 0. The summed E-state index contributed by atoms with van der Waals surface area (Å²) in [5.74, 6) is 0. The molecule has 1 N–H and O–H groups in total. The van der Waals surface area contributed by atoms with E-state index in [1.807, 2.05) is 0 Å². The van der Waals surface area contributed by atoms with Crippen molar-refractivity contribution in [2.75, 3.05) is 32.7 Å². The normalized spacial score (nSPS) is 15.1. The third kappa shape index (κ3) is 6.33. The molecule has 15 heavy (non-hydrogen) atoms. The number of carbonyl (C=O) groups is 1. The summed E-state index contributed by atoms with van der Waals surface area (Å²) in [4.78, 5) is 13.0. The van der Waals surface area contributed by atoms with Crippen LogP contribution in [0.1, 0.15) is 33.6 Å². The highest BCUT2D eigenvalue weighted by molar-refractivity contribution is 5.62. The summed E-state index contributed by atoms with van der Waals surface area (Å²) >= 11 is 0. The average Bonchev–Trinajstić information content (AvgIpc) is 2.74. The van der Waals surface area contributed by atoms with Crippen molar-refractivity contribution in [1.82, 2.24) is 4.90 Å². The number of hydrogen-bond acceptors (Lipinski definition) is 2. The molecule has 1 aliphatic heterocycles. The van der Waals surface area contributed by atoms with E-state index in [-0.39, 0.29) is 0 Å². The minimum Gasteiger partial charge on any atom is -0.530 e. The van der Waals surface area contributed by atoms with Gasteiger partial charge in [0.05, 0.1) is 19.6 Å². The first-order valence-corrected chi connectivity index (χ1v) is 5.95. The van der Waals surface area contributed by atoms with Gasteiger partial charge in [-0.25, -0.2) is 0 Å². The summed E-state index contributed by atoms with van der Waals surface area (Å²) in [6.45, 7) is 11.8. The van der Waals surface area contributed by atoms with Gasteiger partial charge in [0.15, 0.2) is 0 Å². The van der Waals surface area contributed by atoms with E-state index in [0.29, 0.717) is 13.1 Å². The smallest absolute Gasteiger partial charge is 0.136 e. The van der Waals surface area contributed by atoms with Crippen LogP contribution in [0.2, 0.25) is 0 Å². The van der Waals surface area contributed by atoms with Gasteiger partial charge in [-0.2, -0.15) is 0 Å².